The Kier molecular flexibility index (Phi) is 5.89. The lowest BCUT2D eigenvalue weighted by atomic mass is 10.1. The van der Waals surface area contributed by atoms with E-state index < -0.39 is 0 Å². The van der Waals surface area contributed by atoms with E-state index in [-0.39, 0.29) is 0 Å². The summed E-state index contributed by atoms with van der Waals surface area (Å²) in [5.74, 6) is 4.14. The van der Waals surface area contributed by atoms with Crippen molar-refractivity contribution in [2.45, 2.75) is 6.42 Å². The second kappa shape index (κ2) is 7.43. The molecule has 1 aliphatic heterocycles. The number of nitrogens with zero attached hydrogens (tertiary/aromatic N) is 1. The van der Waals surface area contributed by atoms with Gasteiger partial charge in [-0.05, 0) is 36.5 Å². The molecule has 6 heteroatoms. The summed E-state index contributed by atoms with van der Waals surface area (Å²) < 4.78 is 0. The van der Waals surface area contributed by atoms with Crippen LogP contribution in [0.25, 0.3) is 0 Å². The van der Waals surface area contributed by atoms with Crippen molar-refractivity contribution in [2.24, 2.45) is 5.92 Å². The molecule has 1 saturated heterocycles. The highest BCUT2D eigenvalue weighted by molar-refractivity contribution is 7.99. The predicted molar refractivity (Wildman–Crippen MR) is 81.0 cm³/mol. The van der Waals surface area contributed by atoms with Crippen LogP contribution in [0.2, 0.25) is 10.0 Å². The topological polar surface area (TPSA) is 37.0 Å². The molecule has 100 valence electrons. The second-order valence-electron chi connectivity index (χ2n) is 4.34. The highest BCUT2D eigenvalue weighted by Crippen LogP contribution is 2.23. The van der Waals surface area contributed by atoms with Gasteiger partial charge < -0.3 is 10.6 Å². The van der Waals surface area contributed by atoms with Gasteiger partial charge in [0.25, 0.3) is 0 Å². The third-order valence-electron chi connectivity index (χ3n) is 2.86. The van der Waals surface area contributed by atoms with E-state index in [9.17, 15) is 0 Å². The Balaban J connectivity index is 1.62. The van der Waals surface area contributed by atoms with Gasteiger partial charge in [0.1, 0.15) is 5.82 Å². The molecule has 0 bridgehead atoms. The van der Waals surface area contributed by atoms with Crippen LogP contribution < -0.4 is 10.6 Å². The number of nitrogens with one attached hydrogen (secondary N) is 2. The van der Waals surface area contributed by atoms with Gasteiger partial charge in [-0.3, -0.25) is 0 Å². The minimum Gasteiger partial charge on any atom is -0.368 e. The zero-order chi connectivity index (χ0) is 12.8. The molecule has 0 amide bonds. The molecule has 3 nitrogen and oxygen atoms in total. The lowest BCUT2D eigenvalue weighted by Crippen LogP contribution is -2.27. The third-order valence-corrected chi connectivity index (χ3v) is 4.59. The molecule has 1 aromatic heterocycles. The lowest BCUT2D eigenvalue weighted by molar-refractivity contribution is 0.531. The highest BCUT2D eigenvalue weighted by Gasteiger charge is 2.14. The van der Waals surface area contributed by atoms with Gasteiger partial charge in [0.05, 0.1) is 10.0 Å². The molecule has 1 aliphatic rings. The summed E-state index contributed by atoms with van der Waals surface area (Å²) in [7, 11) is 0. The molecule has 0 spiro atoms. The van der Waals surface area contributed by atoms with Gasteiger partial charge in [0.15, 0.2) is 0 Å². The predicted octanol–water partition coefficient (Wildman–Crippen LogP) is 3.14. The second-order valence-corrected chi connectivity index (χ2v) is 6.34. The Hall–Kier alpha value is -0.160. The normalized spacial score (nSPS) is 19.1. The van der Waals surface area contributed by atoms with E-state index in [2.05, 4.69) is 27.4 Å². The number of hydrogen-bond donors (Lipinski definition) is 2. The van der Waals surface area contributed by atoms with Crippen molar-refractivity contribution < 1.29 is 0 Å². The van der Waals surface area contributed by atoms with Crippen molar-refractivity contribution in [2.75, 3.05) is 36.5 Å². The molecule has 2 N–H and O–H groups in total. The smallest absolute Gasteiger partial charge is 0.144 e. The van der Waals surface area contributed by atoms with Gasteiger partial charge in [-0.15, -0.1) is 0 Å². The number of anilines is 1. The molecule has 1 atom stereocenters. The Morgan fingerprint density at radius 1 is 1.39 bits per heavy atom. The van der Waals surface area contributed by atoms with Crippen molar-refractivity contribution in [3.05, 3.63) is 22.3 Å². The Morgan fingerprint density at radius 2 is 2.28 bits per heavy atom. The Morgan fingerprint density at radius 3 is 3.00 bits per heavy atom. The summed E-state index contributed by atoms with van der Waals surface area (Å²) in [6.07, 6.45) is 2.94. The SMILES string of the molecule is Clc1cnc(NCCNCC2CCSC2)c(Cl)c1. The number of rotatable bonds is 6. The van der Waals surface area contributed by atoms with Crippen LogP contribution in [-0.2, 0) is 0 Å². The molecular formula is C12H17Cl2N3S. The number of thioether (sulfide) groups is 1. The molecule has 0 aromatic carbocycles. The van der Waals surface area contributed by atoms with E-state index >= 15 is 0 Å². The van der Waals surface area contributed by atoms with Gasteiger partial charge in [-0.25, -0.2) is 4.98 Å². The quantitative estimate of drug-likeness (QED) is 0.792. The van der Waals surface area contributed by atoms with E-state index in [0.717, 1.165) is 25.6 Å². The van der Waals surface area contributed by atoms with Gasteiger partial charge >= 0.3 is 0 Å². The van der Waals surface area contributed by atoms with E-state index in [1.165, 1.54) is 17.9 Å². The number of pyridine rings is 1. The van der Waals surface area contributed by atoms with Crippen LogP contribution in [0, 0.1) is 5.92 Å². The maximum atomic E-state index is 6.01. The summed E-state index contributed by atoms with van der Waals surface area (Å²) >= 11 is 13.8. The van der Waals surface area contributed by atoms with Crippen molar-refractivity contribution in [1.82, 2.24) is 10.3 Å². The maximum absolute atomic E-state index is 6.01. The molecular weight excluding hydrogens is 289 g/mol. The standard InChI is InChI=1S/C12H17Cl2N3S/c13-10-5-11(14)12(17-7-10)16-3-2-15-6-9-1-4-18-8-9/h5,7,9,15H,1-4,6,8H2,(H,16,17). The average molecular weight is 306 g/mol. The van der Waals surface area contributed by atoms with Crippen LogP contribution in [0.5, 0.6) is 0 Å². The first-order chi connectivity index (χ1) is 8.75. The van der Waals surface area contributed by atoms with Crippen molar-refractivity contribution in [3.8, 4) is 0 Å². The molecule has 1 unspecified atom stereocenters. The summed E-state index contributed by atoms with van der Waals surface area (Å²) in [6, 6.07) is 1.70. The van der Waals surface area contributed by atoms with E-state index in [0.29, 0.717) is 15.9 Å². The average Bonchev–Trinajstić information content (AvgIpc) is 2.84. The van der Waals surface area contributed by atoms with Crippen LogP contribution in [0.3, 0.4) is 0 Å². The fraction of sp³-hybridized carbons (Fsp3) is 0.583. The lowest BCUT2D eigenvalue weighted by Gasteiger charge is -2.11. The van der Waals surface area contributed by atoms with Gasteiger partial charge in [-0.1, -0.05) is 23.2 Å². The first kappa shape index (κ1) is 14.3. The third kappa shape index (κ3) is 4.50. The van der Waals surface area contributed by atoms with Crippen LogP contribution in [0.4, 0.5) is 5.82 Å². The zero-order valence-corrected chi connectivity index (χ0v) is 12.4. The molecule has 2 heterocycles. The van der Waals surface area contributed by atoms with Crippen LogP contribution in [0.15, 0.2) is 12.3 Å². The Labute approximate surface area is 122 Å². The minimum atomic E-state index is 0.558. The molecule has 2 rings (SSSR count). The van der Waals surface area contributed by atoms with E-state index in [4.69, 9.17) is 23.2 Å². The van der Waals surface area contributed by atoms with Gasteiger partial charge in [-0.2, -0.15) is 11.8 Å². The molecule has 1 fully saturated rings. The monoisotopic (exact) mass is 305 g/mol. The largest absolute Gasteiger partial charge is 0.368 e. The molecule has 0 radical (unpaired) electrons. The van der Waals surface area contributed by atoms with E-state index in [1.807, 2.05) is 0 Å². The first-order valence-electron chi connectivity index (χ1n) is 6.09. The molecule has 0 saturated carbocycles. The number of hydrogen-bond acceptors (Lipinski definition) is 4. The van der Waals surface area contributed by atoms with Gasteiger partial charge in [0.2, 0.25) is 0 Å². The Bertz CT molecular complexity index is 384. The number of halogens is 2. The maximum Gasteiger partial charge on any atom is 0.144 e. The van der Waals surface area contributed by atoms with Crippen LogP contribution >= 0.6 is 35.0 Å². The summed E-state index contributed by atoms with van der Waals surface area (Å²) in [6.45, 7) is 2.84. The van der Waals surface area contributed by atoms with Crippen LogP contribution in [0.1, 0.15) is 6.42 Å². The van der Waals surface area contributed by atoms with Crippen molar-refractivity contribution >= 4 is 40.8 Å². The fourth-order valence-corrected chi connectivity index (χ4v) is 3.60. The molecule has 18 heavy (non-hydrogen) atoms. The minimum absolute atomic E-state index is 0.558. The fourth-order valence-electron chi connectivity index (χ4n) is 1.86. The summed E-state index contributed by atoms with van der Waals surface area (Å²) in [5, 5.41) is 7.77. The van der Waals surface area contributed by atoms with Crippen LogP contribution in [-0.4, -0.2) is 36.1 Å². The van der Waals surface area contributed by atoms with Gasteiger partial charge in [0, 0.05) is 19.3 Å². The van der Waals surface area contributed by atoms with E-state index in [1.54, 1.807) is 12.3 Å². The molecule has 1 aromatic rings. The highest BCUT2D eigenvalue weighted by atomic mass is 35.5. The first-order valence-corrected chi connectivity index (χ1v) is 8.00. The van der Waals surface area contributed by atoms with Crippen molar-refractivity contribution in [3.63, 3.8) is 0 Å². The summed E-state index contributed by atoms with van der Waals surface area (Å²) in [5.41, 5.74) is 0. The number of aromatic nitrogens is 1. The zero-order valence-electron chi connectivity index (χ0n) is 10.1. The van der Waals surface area contributed by atoms with Crippen molar-refractivity contribution in [1.29, 1.82) is 0 Å². The molecule has 0 aliphatic carbocycles. The summed E-state index contributed by atoms with van der Waals surface area (Å²) in [4.78, 5) is 4.15.